The number of nitriles is 1. The Morgan fingerprint density at radius 3 is 2.86 bits per heavy atom. The molecule has 0 spiro atoms. The highest BCUT2D eigenvalue weighted by Crippen LogP contribution is 2.33. The van der Waals surface area contributed by atoms with Crippen molar-refractivity contribution in [3.63, 3.8) is 0 Å². The minimum atomic E-state index is 0.281. The van der Waals surface area contributed by atoms with Crippen LogP contribution in [-0.2, 0) is 0 Å². The maximum Gasteiger partial charge on any atom is 0.0991 e. The average Bonchev–Trinajstić information content (AvgIpc) is 2.65. The van der Waals surface area contributed by atoms with Crippen LogP contribution in [0.1, 0.15) is 36.3 Å². The van der Waals surface area contributed by atoms with Gasteiger partial charge in [0.15, 0.2) is 0 Å². The number of nitrogens with zero attached hydrogens (tertiary/aromatic N) is 1. The molecule has 0 radical (unpaired) electrons. The highest BCUT2D eigenvalue weighted by Gasteiger charge is 2.25. The first kappa shape index (κ1) is 9.23. The molecule has 1 aliphatic carbocycles. The molecule has 0 aromatic heterocycles. The van der Waals surface area contributed by atoms with E-state index in [2.05, 4.69) is 12.1 Å². The van der Waals surface area contributed by atoms with Gasteiger partial charge in [-0.3, -0.25) is 0 Å². The van der Waals surface area contributed by atoms with E-state index in [0.29, 0.717) is 5.92 Å². The number of hydrogen-bond donors (Lipinski definition) is 1. The molecular formula is C12H14N2. The minimum absolute atomic E-state index is 0.281. The molecule has 0 aliphatic heterocycles. The smallest absolute Gasteiger partial charge is 0.0991 e. The highest BCUT2D eigenvalue weighted by molar-refractivity contribution is 5.35. The second-order valence-electron chi connectivity index (χ2n) is 3.94. The fourth-order valence-electron chi connectivity index (χ4n) is 2.24. The van der Waals surface area contributed by atoms with Crippen LogP contribution in [0, 0.1) is 11.3 Å². The lowest BCUT2D eigenvalue weighted by Gasteiger charge is -2.15. The second kappa shape index (κ2) is 3.81. The van der Waals surface area contributed by atoms with Gasteiger partial charge in [-0.15, -0.1) is 0 Å². The maximum absolute atomic E-state index is 8.79. The maximum atomic E-state index is 8.79. The van der Waals surface area contributed by atoms with Crippen LogP contribution in [0.5, 0.6) is 0 Å². The van der Waals surface area contributed by atoms with E-state index in [1.165, 1.54) is 12.0 Å². The zero-order chi connectivity index (χ0) is 9.97. The molecule has 2 N–H and O–H groups in total. The molecule has 0 heterocycles. The Labute approximate surface area is 84.3 Å². The molecule has 0 bridgehead atoms. The molecule has 1 fully saturated rings. The Kier molecular flexibility index (Phi) is 2.51. The second-order valence-corrected chi connectivity index (χ2v) is 3.94. The summed E-state index contributed by atoms with van der Waals surface area (Å²) >= 11 is 0. The zero-order valence-electron chi connectivity index (χ0n) is 8.11. The van der Waals surface area contributed by atoms with Crippen molar-refractivity contribution in [3.05, 3.63) is 35.4 Å². The van der Waals surface area contributed by atoms with Gasteiger partial charge in [0.1, 0.15) is 0 Å². The van der Waals surface area contributed by atoms with Gasteiger partial charge in [0.2, 0.25) is 0 Å². The van der Waals surface area contributed by atoms with E-state index in [0.717, 1.165) is 18.4 Å². The van der Waals surface area contributed by atoms with E-state index in [9.17, 15) is 0 Å². The van der Waals surface area contributed by atoms with Crippen molar-refractivity contribution < 1.29 is 0 Å². The lowest BCUT2D eigenvalue weighted by Crippen LogP contribution is -2.22. The Bertz CT molecular complexity index is 365. The van der Waals surface area contributed by atoms with Crippen molar-refractivity contribution in [2.45, 2.75) is 31.2 Å². The summed E-state index contributed by atoms with van der Waals surface area (Å²) in [5.41, 5.74) is 7.99. The van der Waals surface area contributed by atoms with Crippen molar-refractivity contribution in [1.29, 1.82) is 5.26 Å². The van der Waals surface area contributed by atoms with E-state index in [1.54, 1.807) is 0 Å². The van der Waals surface area contributed by atoms with Crippen LogP contribution in [0.4, 0.5) is 0 Å². The third kappa shape index (κ3) is 1.64. The van der Waals surface area contributed by atoms with E-state index < -0.39 is 0 Å². The van der Waals surface area contributed by atoms with Gasteiger partial charge in [-0.05, 0) is 36.5 Å². The van der Waals surface area contributed by atoms with Crippen LogP contribution >= 0.6 is 0 Å². The first-order valence-electron chi connectivity index (χ1n) is 5.07. The van der Waals surface area contributed by atoms with Crippen molar-refractivity contribution in [1.82, 2.24) is 0 Å². The third-order valence-electron chi connectivity index (χ3n) is 3.01. The molecule has 1 aliphatic rings. The van der Waals surface area contributed by atoms with Gasteiger partial charge in [-0.2, -0.15) is 5.26 Å². The van der Waals surface area contributed by atoms with Crippen LogP contribution in [0.2, 0.25) is 0 Å². The summed E-state index contributed by atoms with van der Waals surface area (Å²) in [6.45, 7) is 0. The SMILES string of the molecule is N#Cc1cccc([C@@H]2CCC[C@@H]2N)c1. The minimum Gasteiger partial charge on any atom is -0.327 e. The summed E-state index contributed by atoms with van der Waals surface area (Å²) < 4.78 is 0. The van der Waals surface area contributed by atoms with E-state index in [-0.39, 0.29) is 6.04 Å². The molecule has 2 rings (SSSR count). The Hall–Kier alpha value is -1.33. The average molecular weight is 186 g/mol. The third-order valence-corrected chi connectivity index (χ3v) is 3.01. The molecule has 2 nitrogen and oxygen atoms in total. The largest absolute Gasteiger partial charge is 0.327 e. The van der Waals surface area contributed by atoms with Crippen LogP contribution in [0.25, 0.3) is 0 Å². The normalized spacial score (nSPS) is 26.0. The summed E-state index contributed by atoms with van der Waals surface area (Å²) in [7, 11) is 0. The number of nitrogens with two attached hydrogens (primary N) is 1. The topological polar surface area (TPSA) is 49.8 Å². The monoisotopic (exact) mass is 186 g/mol. The molecule has 1 aromatic carbocycles. The van der Waals surface area contributed by atoms with Crippen LogP contribution < -0.4 is 5.73 Å². The predicted molar refractivity (Wildman–Crippen MR) is 55.7 cm³/mol. The van der Waals surface area contributed by atoms with Gasteiger partial charge in [0.25, 0.3) is 0 Å². The lowest BCUT2D eigenvalue weighted by molar-refractivity contribution is 0.613. The van der Waals surface area contributed by atoms with Gasteiger partial charge in [-0.25, -0.2) is 0 Å². The van der Waals surface area contributed by atoms with Gasteiger partial charge >= 0.3 is 0 Å². The Morgan fingerprint density at radius 1 is 1.36 bits per heavy atom. The number of hydrogen-bond acceptors (Lipinski definition) is 2. The Balaban J connectivity index is 2.28. The van der Waals surface area contributed by atoms with E-state index in [4.69, 9.17) is 11.0 Å². The Morgan fingerprint density at radius 2 is 2.21 bits per heavy atom. The quantitative estimate of drug-likeness (QED) is 0.730. The first-order chi connectivity index (χ1) is 6.81. The lowest BCUT2D eigenvalue weighted by atomic mass is 9.93. The molecule has 72 valence electrons. The standard InChI is InChI=1S/C12H14N2/c13-8-9-3-1-4-10(7-9)11-5-2-6-12(11)14/h1,3-4,7,11-12H,2,5-6,14H2/t11-,12-/m0/s1. The van der Waals surface area contributed by atoms with Crippen molar-refractivity contribution >= 4 is 0 Å². The molecular weight excluding hydrogens is 172 g/mol. The fourth-order valence-corrected chi connectivity index (χ4v) is 2.24. The highest BCUT2D eigenvalue weighted by atomic mass is 14.7. The summed E-state index contributed by atoms with van der Waals surface area (Å²) in [6, 6.07) is 10.3. The predicted octanol–water partition coefficient (Wildman–Crippen LogP) is 2.15. The zero-order valence-corrected chi connectivity index (χ0v) is 8.11. The fraction of sp³-hybridized carbons (Fsp3) is 0.417. The van der Waals surface area contributed by atoms with E-state index >= 15 is 0 Å². The molecule has 14 heavy (non-hydrogen) atoms. The van der Waals surface area contributed by atoms with Crippen LogP contribution in [0.3, 0.4) is 0 Å². The van der Waals surface area contributed by atoms with Crippen molar-refractivity contribution in [3.8, 4) is 6.07 Å². The first-order valence-corrected chi connectivity index (χ1v) is 5.07. The molecule has 0 saturated heterocycles. The van der Waals surface area contributed by atoms with Gasteiger partial charge in [0, 0.05) is 6.04 Å². The van der Waals surface area contributed by atoms with Crippen molar-refractivity contribution in [2.75, 3.05) is 0 Å². The van der Waals surface area contributed by atoms with E-state index in [1.807, 2.05) is 18.2 Å². The molecule has 2 heteroatoms. The molecule has 0 unspecified atom stereocenters. The van der Waals surface area contributed by atoms with Crippen LogP contribution in [0.15, 0.2) is 24.3 Å². The molecule has 0 amide bonds. The summed E-state index contributed by atoms with van der Waals surface area (Å²) in [4.78, 5) is 0. The van der Waals surface area contributed by atoms with Crippen molar-refractivity contribution in [2.24, 2.45) is 5.73 Å². The molecule has 1 aromatic rings. The van der Waals surface area contributed by atoms with Gasteiger partial charge in [0.05, 0.1) is 11.6 Å². The number of rotatable bonds is 1. The molecule has 1 saturated carbocycles. The van der Waals surface area contributed by atoms with Gasteiger partial charge < -0.3 is 5.73 Å². The van der Waals surface area contributed by atoms with Gasteiger partial charge in [-0.1, -0.05) is 18.6 Å². The molecule has 2 atom stereocenters. The van der Waals surface area contributed by atoms with Crippen LogP contribution in [-0.4, -0.2) is 6.04 Å². The summed E-state index contributed by atoms with van der Waals surface area (Å²) in [5, 5.41) is 8.79. The number of benzene rings is 1. The summed E-state index contributed by atoms with van der Waals surface area (Å²) in [5.74, 6) is 0.461. The summed E-state index contributed by atoms with van der Waals surface area (Å²) in [6.07, 6.45) is 3.49.